The quantitative estimate of drug-likeness (QED) is 0.220. The van der Waals surface area contributed by atoms with Gasteiger partial charge in [0.1, 0.15) is 5.82 Å². The standard InChI is InChI=1S/C38H27N5/c1-38(2)29-11-7-12-31-35(29)43(37(41-31)25-17-15-24(16-18-25)36-39-21-8-22-40-36)34-20-19-26(23-30(34)38)42-32-13-5-3-9-27(32)28-10-4-6-14-33(28)42/h3-23H,1-2H3. The Bertz CT molecular complexity index is 2310. The van der Waals surface area contributed by atoms with Gasteiger partial charge in [-0.05, 0) is 53.6 Å². The third kappa shape index (κ3) is 3.36. The molecule has 9 rings (SSSR count). The van der Waals surface area contributed by atoms with Crippen molar-refractivity contribution in [1.82, 2.24) is 24.1 Å². The van der Waals surface area contributed by atoms with Gasteiger partial charge in [0, 0.05) is 45.4 Å². The van der Waals surface area contributed by atoms with Crippen molar-refractivity contribution in [3.63, 3.8) is 0 Å². The molecule has 1 aliphatic rings. The van der Waals surface area contributed by atoms with Crippen molar-refractivity contribution in [2.75, 3.05) is 0 Å². The summed E-state index contributed by atoms with van der Waals surface area (Å²) in [5.74, 6) is 1.65. The van der Waals surface area contributed by atoms with Crippen LogP contribution in [0.1, 0.15) is 25.0 Å². The minimum Gasteiger partial charge on any atom is -0.309 e. The molecular formula is C38H27N5. The van der Waals surface area contributed by atoms with E-state index >= 15 is 0 Å². The molecule has 0 N–H and O–H groups in total. The molecule has 0 amide bonds. The molecular weight excluding hydrogens is 526 g/mol. The first-order valence-electron chi connectivity index (χ1n) is 14.6. The van der Waals surface area contributed by atoms with Gasteiger partial charge in [0.2, 0.25) is 0 Å². The highest BCUT2D eigenvalue weighted by atomic mass is 15.1. The fourth-order valence-electron chi connectivity index (χ4n) is 6.98. The number of hydrogen-bond donors (Lipinski definition) is 0. The molecule has 5 heteroatoms. The summed E-state index contributed by atoms with van der Waals surface area (Å²) in [6, 6.07) is 41.1. The maximum atomic E-state index is 5.20. The molecule has 4 heterocycles. The first-order valence-corrected chi connectivity index (χ1v) is 14.6. The average molecular weight is 554 g/mol. The molecule has 5 aromatic carbocycles. The lowest BCUT2D eigenvalue weighted by Crippen LogP contribution is -2.26. The minimum absolute atomic E-state index is 0.217. The Hall–Kier alpha value is -5.55. The van der Waals surface area contributed by atoms with Crippen molar-refractivity contribution >= 4 is 32.8 Å². The van der Waals surface area contributed by atoms with Gasteiger partial charge in [-0.3, -0.25) is 4.57 Å². The van der Waals surface area contributed by atoms with Crippen molar-refractivity contribution < 1.29 is 0 Å². The van der Waals surface area contributed by atoms with Gasteiger partial charge >= 0.3 is 0 Å². The first kappa shape index (κ1) is 24.1. The lowest BCUT2D eigenvalue weighted by atomic mass is 9.74. The minimum atomic E-state index is -0.217. The van der Waals surface area contributed by atoms with Crippen LogP contribution >= 0.6 is 0 Å². The van der Waals surface area contributed by atoms with E-state index in [-0.39, 0.29) is 5.41 Å². The first-order chi connectivity index (χ1) is 21.1. The Labute approximate surface area is 248 Å². The van der Waals surface area contributed by atoms with Gasteiger partial charge < -0.3 is 4.57 Å². The average Bonchev–Trinajstić information content (AvgIpc) is 3.61. The predicted octanol–water partition coefficient (Wildman–Crippen LogP) is 8.89. The number of fused-ring (bicyclic) bond motifs is 5. The van der Waals surface area contributed by atoms with E-state index in [0.29, 0.717) is 0 Å². The van der Waals surface area contributed by atoms with E-state index in [9.17, 15) is 0 Å². The Balaban J connectivity index is 1.28. The smallest absolute Gasteiger partial charge is 0.159 e. The maximum absolute atomic E-state index is 5.20. The Kier molecular flexibility index (Phi) is 4.89. The van der Waals surface area contributed by atoms with E-state index in [4.69, 9.17) is 4.98 Å². The SMILES string of the molecule is CC1(C)c2cc(-n3c4ccccc4c4ccccc43)ccc2-n2c(-c3ccc(-c4ncccn4)cc3)nc3cccc1c32. The number of imidazole rings is 1. The van der Waals surface area contributed by atoms with E-state index in [2.05, 4.69) is 142 Å². The molecule has 0 fully saturated rings. The number of benzene rings is 5. The molecule has 43 heavy (non-hydrogen) atoms. The van der Waals surface area contributed by atoms with E-state index in [1.54, 1.807) is 12.4 Å². The lowest BCUT2D eigenvalue weighted by Gasteiger charge is -2.35. The van der Waals surface area contributed by atoms with Gasteiger partial charge in [-0.25, -0.2) is 15.0 Å². The van der Waals surface area contributed by atoms with E-state index in [0.717, 1.165) is 34.0 Å². The van der Waals surface area contributed by atoms with Crippen LogP contribution in [0.4, 0.5) is 0 Å². The summed E-state index contributed by atoms with van der Waals surface area (Å²) in [7, 11) is 0. The third-order valence-corrected chi connectivity index (χ3v) is 9.05. The third-order valence-electron chi connectivity index (χ3n) is 9.05. The number of nitrogens with zero attached hydrogens (tertiary/aromatic N) is 5. The Morgan fingerprint density at radius 3 is 1.98 bits per heavy atom. The lowest BCUT2D eigenvalue weighted by molar-refractivity contribution is 0.628. The largest absolute Gasteiger partial charge is 0.309 e. The summed E-state index contributed by atoms with van der Waals surface area (Å²) in [5.41, 5.74) is 11.3. The fourth-order valence-corrected chi connectivity index (χ4v) is 6.98. The molecule has 8 aromatic rings. The molecule has 0 radical (unpaired) electrons. The molecule has 0 bridgehead atoms. The van der Waals surface area contributed by atoms with E-state index in [1.165, 1.54) is 44.1 Å². The van der Waals surface area contributed by atoms with Gasteiger partial charge in [0.05, 0.1) is 27.8 Å². The zero-order chi connectivity index (χ0) is 28.7. The fraction of sp³-hybridized carbons (Fsp3) is 0.0789. The van der Waals surface area contributed by atoms with Crippen LogP contribution in [0.3, 0.4) is 0 Å². The molecule has 204 valence electrons. The van der Waals surface area contributed by atoms with Crippen LogP contribution in [0, 0.1) is 0 Å². The van der Waals surface area contributed by atoms with Crippen LogP contribution in [0.25, 0.3) is 67.0 Å². The monoisotopic (exact) mass is 553 g/mol. The molecule has 0 aliphatic carbocycles. The second-order valence-corrected chi connectivity index (χ2v) is 11.8. The second-order valence-electron chi connectivity index (χ2n) is 11.8. The zero-order valence-corrected chi connectivity index (χ0v) is 23.9. The van der Waals surface area contributed by atoms with E-state index < -0.39 is 0 Å². The van der Waals surface area contributed by atoms with Crippen molar-refractivity contribution in [1.29, 1.82) is 0 Å². The molecule has 0 saturated carbocycles. The highest BCUT2D eigenvalue weighted by Crippen LogP contribution is 2.47. The highest BCUT2D eigenvalue weighted by molar-refractivity contribution is 6.09. The molecule has 3 aromatic heterocycles. The predicted molar refractivity (Wildman–Crippen MR) is 174 cm³/mol. The Morgan fingerprint density at radius 1 is 0.581 bits per heavy atom. The zero-order valence-electron chi connectivity index (χ0n) is 23.9. The topological polar surface area (TPSA) is 48.5 Å². The molecule has 0 unspecified atom stereocenters. The molecule has 0 saturated heterocycles. The summed E-state index contributed by atoms with van der Waals surface area (Å²) in [5, 5.41) is 2.53. The molecule has 0 spiro atoms. The van der Waals surface area contributed by atoms with Crippen LogP contribution in [-0.4, -0.2) is 24.1 Å². The molecule has 0 atom stereocenters. The number of aromatic nitrogens is 5. The van der Waals surface area contributed by atoms with Crippen molar-refractivity contribution in [3.05, 3.63) is 139 Å². The van der Waals surface area contributed by atoms with Crippen molar-refractivity contribution in [2.45, 2.75) is 19.3 Å². The number of hydrogen-bond acceptors (Lipinski definition) is 3. The normalized spacial score (nSPS) is 13.5. The number of para-hydroxylation sites is 3. The van der Waals surface area contributed by atoms with Gasteiger partial charge in [-0.15, -0.1) is 0 Å². The van der Waals surface area contributed by atoms with Gasteiger partial charge in [0.25, 0.3) is 0 Å². The van der Waals surface area contributed by atoms with Crippen LogP contribution < -0.4 is 0 Å². The summed E-state index contributed by atoms with van der Waals surface area (Å²) >= 11 is 0. The summed E-state index contributed by atoms with van der Waals surface area (Å²) < 4.78 is 4.76. The van der Waals surface area contributed by atoms with Crippen LogP contribution in [0.2, 0.25) is 0 Å². The number of rotatable bonds is 3. The summed E-state index contributed by atoms with van der Waals surface area (Å²) in [6.45, 7) is 4.67. The van der Waals surface area contributed by atoms with E-state index in [1.807, 2.05) is 6.07 Å². The molecule has 1 aliphatic heterocycles. The molecule has 5 nitrogen and oxygen atoms in total. The van der Waals surface area contributed by atoms with Crippen LogP contribution in [0.5, 0.6) is 0 Å². The maximum Gasteiger partial charge on any atom is 0.159 e. The van der Waals surface area contributed by atoms with Gasteiger partial charge in [0.15, 0.2) is 5.82 Å². The highest BCUT2D eigenvalue weighted by Gasteiger charge is 2.36. The Morgan fingerprint density at radius 2 is 1.26 bits per heavy atom. The van der Waals surface area contributed by atoms with Crippen molar-refractivity contribution in [2.24, 2.45) is 0 Å². The van der Waals surface area contributed by atoms with Crippen LogP contribution in [0.15, 0.2) is 128 Å². The van der Waals surface area contributed by atoms with Gasteiger partial charge in [-0.1, -0.05) is 86.6 Å². The second kappa shape index (κ2) is 8.73. The van der Waals surface area contributed by atoms with Crippen LogP contribution in [-0.2, 0) is 5.41 Å². The van der Waals surface area contributed by atoms with Gasteiger partial charge in [-0.2, -0.15) is 0 Å². The van der Waals surface area contributed by atoms with Crippen molar-refractivity contribution in [3.8, 4) is 34.2 Å². The summed E-state index contributed by atoms with van der Waals surface area (Å²) in [4.78, 5) is 14.0. The summed E-state index contributed by atoms with van der Waals surface area (Å²) in [6.07, 6.45) is 3.55.